The van der Waals surface area contributed by atoms with E-state index >= 15 is 0 Å². The molecular weight excluding hydrogens is 286 g/mol. The number of nitrogens with two attached hydrogens (primary N) is 1. The minimum Gasteiger partial charge on any atom is -0.468 e. The Hall–Kier alpha value is -1.63. The molecule has 2 amide bonds. The van der Waals surface area contributed by atoms with E-state index < -0.39 is 12.0 Å². The molecule has 1 fully saturated rings. The normalized spacial score (nSPS) is 22.2. The first-order valence-electron chi connectivity index (χ1n) is 7.82. The average Bonchev–Trinajstić information content (AvgIpc) is 2.53. The van der Waals surface area contributed by atoms with Crippen molar-refractivity contribution in [1.29, 1.82) is 0 Å². The van der Waals surface area contributed by atoms with Crippen LogP contribution in [0.15, 0.2) is 0 Å². The highest BCUT2D eigenvalue weighted by molar-refractivity contribution is 5.81. The molecule has 1 heterocycles. The summed E-state index contributed by atoms with van der Waals surface area (Å²) in [6.45, 7) is 3.45. The zero-order valence-electron chi connectivity index (χ0n) is 13.5. The lowest BCUT2D eigenvalue weighted by molar-refractivity contribution is -0.142. The largest absolute Gasteiger partial charge is 0.468 e. The highest BCUT2D eigenvalue weighted by Crippen LogP contribution is 2.16. The summed E-state index contributed by atoms with van der Waals surface area (Å²) in [5, 5.41) is 2.87. The van der Waals surface area contributed by atoms with E-state index in [0.29, 0.717) is 26.1 Å². The molecule has 0 aliphatic carbocycles. The summed E-state index contributed by atoms with van der Waals surface area (Å²) in [4.78, 5) is 36.9. The first-order valence-corrected chi connectivity index (χ1v) is 7.82. The van der Waals surface area contributed by atoms with Gasteiger partial charge in [-0.25, -0.2) is 0 Å². The van der Waals surface area contributed by atoms with Crippen LogP contribution in [0, 0.1) is 5.92 Å². The van der Waals surface area contributed by atoms with E-state index in [1.807, 2.05) is 4.90 Å². The number of nitrogens with zero attached hydrogens (tertiary/aromatic N) is 1. The second-order valence-electron chi connectivity index (χ2n) is 5.71. The molecule has 7 heteroatoms. The Morgan fingerprint density at radius 1 is 1.36 bits per heavy atom. The van der Waals surface area contributed by atoms with Gasteiger partial charge in [0, 0.05) is 32.5 Å². The molecule has 7 nitrogen and oxygen atoms in total. The predicted octanol–water partition coefficient (Wildman–Crippen LogP) is 0.0317. The third-order valence-corrected chi connectivity index (χ3v) is 3.99. The van der Waals surface area contributed by atoms with Gasteiger partial charge in [-0.3, -0.25) is 14.4 Å². The third kappa shape index (κ3) is 6.01. The van der Waals surface area contributed by atoms with Crippen LogP contribution in [0.2, 0.25) is 0 Å². The summed E-state index contributed by atoms with van der Waals surface area (Å²) in [5.41, 5.74) is 5.77. The standard InChI is InChI=1S/C15H27N3O4/c1-11(19)18-8-4-3-6-12(10-13(16)15(21)22-2)14(20)17-7-5-9-18/h12-13H,3-10,16H2,1-2H3,(H,17,20). The van der Waals surface area contributed by atoms with Crippen molar-refractivity contribution in [3.8, 4) is 0 Å². The van der Waals surface area contributed by atoms with E-state index in [1.165, 1.54) is 7.11 Å². The van der Waals surface area contributed by atoms with Crippen LogP contribution in [-0.2, 0) is 19.1 Å². The van der Waals surface area contributed by atoms with Gasteiger partial charge in [-0.05, 0) is 25.7 Å². The molecule has 0 radical (unpaired) electrons. The lowest BCUT2D eigenvalue weighted by atomic mass is 9.93. The Bertz CT molecular complexity index is 400. The fraction of sp³-hybridized carbons (Fsp3) is 0.800. The van der Waals surface area contributed by atoms with Crippen molar-refractivity contribution in [3.63, 3.8) is 0 Å². The molecule has 0 aromatic rings. The number of methoxy groups -OCH3 is 1. The lowest BCUT2D eigenvalue weighted by Gasteiger charge is -2.20. The van der Waals surface area contributed by atoms with Gasteiger partial charge in [0.2, 0.25) is 11.8 Å². The Kier molecular flexibility index (Phi) is 7.87. The van der Waals surface area contributed by atoms with E-state index in [4.69, 9.17) is 5.73 Å². The van der Waals surface area contributed by atoms with Gasteiger partial charge < -0.3 is 20.7 Å². The number of carbonyl (C=O) groups is 3. The number of amides is 2. The van der Waals surface area contributed by atoms with Crippen LogP contribution in [0.5, 0.6) is 0 Å². The predicted molar refractivity (Wildman–Crippen MR) is 81.8 cm³/mol. The van der Waals surface area contributed by atoms with Crippen molar-refractivity contribution in [3.05, 3.63) is 0 Å². The smallest absolute Gasteiger partial charge is 0.322 e. The maximum atomic E-state index is 12.2. The van der Waals surface area contributed by atoms with Crippen molar-refractivity contribution >= 4 is 17.8 Å². The van der Waals surface area contributed by atoms with Crippen LogP contribution < -0.4 is 11.1 Å². The molecule has 22 heavy (non-hydrogen) atoms. The number of hydrogen-bond donors (Lipinski definition) is 2. The van der Waals surface area contributed by atoms with Crippen LogP contribution in [0.3, 0.4) is 0 Å². The number of rotatable bonds is 3. The van der Waals surface area contributed by atoms with Gasteiger partial charge in [-0.1, -0.05) is 6.42 Å². The van der Waals surface area contributed by atoms with E-state index in [1.54, 1.807) is 6.92 Å². The van der Waals surface area contributed by atoms with E-state index in [9.17, 15) is 14.4 Å². The lowest BCUT2D eigenvalue weighted by Crippen LogP contribution is -2.39. The Labute approximate surface area is 131 Å². The second-order valence-corrected chi connectivity index (χ2v) is 5.71. The van der Waals surface area contributed by atoms with Crippen LogP contribution in [0.25, 0.3) is 0 Å². The summed E-state index contributed by atoms with van der Waals surface area (Å²) < 4.78 is 4.61. The van der Waals surface area contributed by atoms with Gasteiger partial charge in [0.25, 0.3) is 0 Å². The zero-order valence-corrected chi connectivity index (χ0v) is 13.5. The molecule has 1 saturated heterocycles. The number of nitrogens with one attached hydrogen (secondary N) is 1. The fourth-order valence-corrected chi connectivity index (χ4v) is 2.66. The van der Waals surface area contributed by atoms with E-state index in [0.717, 1.165) is 19.3 Å². The second kappa shape index (κ2) is 9.40. The molecule has 0 saturated carbocycles. The summed E-state index contributed by atoms with van der Waals surface area (Å²) >= 11 is 0. The van der Waals surface area contributed by atoms with Crippen molar-refractivity contribution in [2.45, 2.75) is 45.1 Å². The first kappa shape index (κ1) is 18.4. The van der Waals surface area contributed by atoms with Gasteiger partial charge in [-0.2, -0.15) is 0 Å². The number of ether oxygens (including phenoxy) is 1. The quantitative estimate of drug-likeness (QED) is 0.716. The maximum absolute atomic E-state index is 12.2. The highest BCUT2D eigenvalue weighted by atomic mass is 16.5. The monoisotopic (exact) mass is 313 g/mol. The van der Waals surface area contributed by atoms with Gasteiger partial charge in [0.1, 0.15) is 6.04 Å². The molecule has 0 bridgehead atoms. The number of hydrogen-bond acceptors (Lipinski definition) is 5. The minimum absolute atomic E-state index is 0.0647. The summed E-state index contributed by atoms with van der Waals surface area (Å²) in [6.07, 6.45) is 3.32. The van der Waals surface area contributed by atoms with Crippen LogP contribution >= 0.6 is 0 Å². The van der Waals surface area contributed by atoms with E-state index in [-0.39, 0.29) is 24.2 Å². The van der Waals surface area contributed by atoms with Gasteiger partial charge in [0.15, 0.2) is 0 Å². The fourth-order valence-electron chi connectivity index (χ4n) is 2.66. The number of esters is 1. The van der Waals surface area contributed by atoms with E-state index in [2.05, 4.69) is 10.1 Å². The first-order chi connectivity index (χ1) is 10.5. The Morgan fingerprint density at radius 2 is 2.05 bits per heavy atom. The average molecular weight is 313 g/mol. The SMILES string of the molecule is COC(=O)C(N)CC1CCCCN(C(C)=O)CCCNC1=O. The molecule has 0 spiro atoms. The molecule has 0 aromatic heterocycles. The van der Waals surface area contributed by atoms with Crippen molar-refractivity contribution in [1.82, 2.24) is 10.2 Å². The van der Waals surface area contributed by atoms with Crippen molar-refractivity contribution < 1.29 is 19.1 Å². The molecule has 1 rings (SSSR count). The summed E-state index contributed by atoms with van der Waals surface area (Å²) in [6, 6.07) is -0.778. The molecule has 1 aliphatic rings. The van der Waals surface area contributed by atoms with Gasteiger partial charge in [0.05, 0.1) is 7.11 Å². The molecule has 126 valence electrons. The van der Waals surface area contributed by atoms with Crippen LogP contribution in [0.1, 0.15) is 39.0 Å². The highest BCUT2D eigenvalue weighted by Gasteiger charge is 2.25. The van der Waals surface area contributed by atoms with Crippen molar-refractivity contribution in [2.24, 2.45) is 11.7 Å². The van der Waals surface area contributed by atoms with Gasteiger partial charge in [-0.15, -0.1) is 0 Å². The molecule has 2 atom stereocenters. The third-order valence-electron chi connectivity index (χ3n) is 3.99. The topological polar surface area (TPSA) is 102 Å². The number of carbonyl (C=O) groups excluding carboxylic acids is 3. The molecule has 1 aliphatic heterocycles. The summed E-state index contributed by atoms with van der Waals surface area (Å²) in [5.74, 6) is -0.798. The van der Waals surface area contributed by atoms with Crippen molar-refractivity contribution in [2.75, 3.05) is 26.7 Å². The van der Waals surface area contributed by atoms with Gasteiger partial charge >= 0.3 is 5.97 Å². The maximum Gasteiger partial charge on any atom is 0.322 e. The molecular formula is C15H27N3O4. The zero-order chi connectivity index (χ0) is 16.5. The summed E-state index contributed by atoms with van der Waals surface area (Å²) in [7, 11) is 1.29. The minimum atomic E-state index is -0.778. The van der Waals surface area contributed by atoms with Crippen LogP contribution in [0.4, 0.5) is 0 Å². The Morgan fingerprint density at radius 3 is 2.68 bits per heavy atom. The van der Waals surface area contributed by atoms with Crippen LogP contribution in [-0.4, -0.2) is 55.5 Å². The molecule has 2 unspecified atom stereocenters. The molecule has 0 aromatic carbocycles. The molecule has 3 N–H and O–H groups in total. The Balaban J connectivity index is 2.61.